The van der Waals surface area contributed by atoms with Crippen molar-refractivity contribution < 1.29 is 14.3 Å². The Kier molecular flexibility index (Phi) is 3.51. The lowest BCUT2D eigenvalue weighted by Crippen LogP contribution is -2.31. The standard InChI is InChI=1S/C21H24FN3O3/c1-10-15-17(25(12-3-4-12)7-13(19(15)26)20(27)28)11(2)18(16(10)22)24-8-14(23)21(9-24)5-6-21/h7,12,14H,3-6,8-9,23H2,1-2H3,(H,27,28)/t14-/m1/s1. The van der Waals surface area contributed by atoms with Gasteiger partial charge >= 0.3 is 5.97 Å². The largest absolute Gasteiger partial charge is 0.477 e. The van der Waals surface area contributed by atoms with Crippen molar-refractivity contribution in [3.05, 3.63) is 38.9 Å². The van der Waals surface area contributed by atoms with Gasteiger partial charge in [0, 0.05) is 42.3 Å². The number of halogens is 1. The molecule has 2 aliphatic carbocycles. The van der Waals surface area contributed by atoms with Crippen LogP contribution in [0.25, 0.3) is 10.9 Å². The molecule has 0 bridgehead atoms. The number of anilines is 1. The summed E-state index contributed by atoms with van der Waals surface area (Å²) >= 11 is 0. The maximum Gasteiger partial charge on any atom is 0.341 e. The zero-order chi connectivity index (χ0) is 20.0. The zero-order valence-corrected chi connectivity index (χ0v) is 16.1. The van der Waals surface area contributed by atoms with Gasteiger partial charge in [-0.1, -0.05) is 0 Å². The molecule has 0 radical (unpaired) electrons. The molecule has 1 aliphatic heterocycles. The van der Waals surface area contributed by atoms with Gasteiger partial charge < -0.3 is 20.3 Å². The fourth-order valence-electron chi connectivity index (χ4n) is 4.95. The quantitative estimate of drug-likeness (QED) is 0.848. The Morgan fingerprint density at radius 1 is 1.29 bits per heavy atom. The number of aromatic nitrogens is 1. The van der Waals surface area contributed by atoms with Gasteiger partial charge in [-0.2, -0.15) is 0 Å². The first-order valence-electron chi connectivity index (χ1n) is 9.86. The first-order chi connectivity index (χ1) is 13.2. The number of rotatable bonds is 3. The van der Waals surface area contributed by atoms with E-state index in [1.54, 1.807) is 6.92 Å². The Labute approximate surface area is 161 Å². The number of carbonyl (C=O) groups is 1. The van der Waals surface area contributed by atoms with Crippen molar-refractivity contribution in [3.63, 3.8) is 0 Å². The Morgan fingerprint density at radius 3 is 2.50 bits per heavy atom. The van der Waals surface area contributed by atoms with Gasteiger partial charge in [-0.25, -0.2) is 9.18 Å². The van der Waals surface area contributed by atoms with Crippen molar-refractivity contribution in [1.29, 1.82) is 0 Å². The number of hydrogen-bond acceptors (Lipinski definition) is 4. The Balaban J connectivity index is 1.81. The van der Waals surface area contributed by atoms with Gasteiger partial charge in [-0.15, -0.1) is 0 Å². The normalized spacial score (nSPS) is 23.0. The fraction of sp³-hybridized carbons (Fsp3) is 0.524. The summed E-state index contributed by atoms with van der Waals surface area (Å²) in [6.07, 6.45) is 5.45. The molecule has 3 N–H and O–H groups in total. The molecule has 5 rings (SSSR count). The molecule has 1 aromatic heterocycles. The van der Waals surface area contributed by atoms with Crippen molar-refractivity contribution in [1.82, 2.24) is 4.57 Å². The van der Waals surface area contributed by atoms with Gasteiger partial charge in [-0.3, -0.25) is 4.79 Å². The summed E-state index contributed by atoms with van der Waals surface area (Å²) in [4.78, 5) is 26.5. The van der Waals surface area contributed by atoms with Crippen LogP contribution in [0.15, 0.2) is 11.0 Å². The van der Waals surface area contributed by atoms with Gasteiger partial charge in [0.05, 0.1) is 16.6 Å². The van der Waals surface area contributed by atoms with Crippen LogP contribution in [0.2, 0.25) is 0 Å². The third-order valence-electron chi connectivity index (χ3n) is 6.95. The van der Waals surface area contributed by atoms with E-state index in [-0.39, 0.29) is 34.0 Å². The smallest absolute Gasteiger partial charge is 0.341 e. The fourth-order valence-corrected chi connectivity index (χ4v) is 4.95. The molecule has 3 fully saturated rings. The third-order valence-corrected chi connectivity index (χ3v) is 6.95. The molecule has 0 unspecified atom stereocenters. The molecule has 28 heavy (non-hydrogen) atoms. The Morgan fingerprint density at radius 2 is 1.96 bits per heavy atom. The van der Waals surface area contributed by atoms with Crippen molar-refractivity contribution >= 4 is 22.6 Å². The first kappa shape index (κ1) is 17.7. The molecule has 0 amide bonds. The van der Waals surface area contributed by atoms with Crippen LogP contribution in [-0.2, 0) is 0 Å². The second kappa shape index (κ2) is 5.56. The number of aryl methyl sites for hydroxylation is 2. The van der Waals surface area contributed by atoms with E-state index in [9.17, 15) is 14.7 Å². The minimum absolute atomic E-state index is 0.0299. The SMILES string of the molecule is Cc1c(F)c(N2C[C@@H](N)C3(CC3)C2)c(C)c2c1c(=O)c(C(=O)O)cn2C1CC1. The second-order valence-electron chi connectivity index (χ2n) is 8.80. The molecule has 2 aromatic rings. The minimum Gasteiger partial charge on any atom is -0.477 e. The summed E-state index contributed by atoms with van der Waals surface area (Å²) in [6.45, 7) is 4.75. The number of carboxylic acid groups (broad SMARTS) is 1. The molecular formula is C21H24FN3O3. The predicted molar refractivity (Wildman–Crippen MR) is 105 cm³/mol. The van der Waals surface area contributed by atoms with Gasteiger partial charge in [-0.05, 0) is 45.1 Å². The van der Waals surface area contributed by atoms with E-state index in [1.807, 2.05) is 16.4 Å². The highest BCUT2D eigenvalue weighted by Crippen LogP contribution is 2.53. The van der Waals surface area contributed by atoms with Crippen LogP contribution >= 0.6 is 0 Å². The monoisotopic (exact) mass is 385 g/mol. The summed E-state index contributed by atoms with van der Waals surface area (Å²) in [5.74, 6) is -1.71. The van der Waals surface area contributed by atoms with Crippen molar-refractivity contribution in [2.24, 2.45) is 11.1 Å². The average Bonchev–Trinajstić information content (AvgIpc) is 3.53. The van der Waals surface area contributed by atoms with E-state index in [0.717, 1.165) is 32.2 Å². The molecule has 3 aliphatic rings. The topological polar surface area (TPSA) is 88.6 Å². The first-order valence-corrected chi connectivity index (χ1v) is 9.86. The van der Waals surface area contributed by atoms with Crippen LogP contribution in [0.5, 0.6) is 0 Å². The number of nitrogens with zero attached hydrogens (tertiary/aromatic N) is 2. The van der Waals surface area contributed by atoms with E-state index in [1.165, 1.54) is 6.20 Å². The highest BCUT2D eigenvalue weighted by atomic mass is 19.1. The summed E-state index contributed by atoms with van der Waals surface area (Å²) < 4.78 is 17.4. The molecule has 1 atom stereocenters. The predicted octanol–water partition coefficient (Wildman–Crippen LogP) is 2.72. The van der Waals surface area contributed by atoms with Crippen LogP contribution in [0, 0.1) is 25.1 Å². The number of aromatic carboxylic acids is 1. The van der Waals surface area contributed by atoms with E-state index in [2.05, 4.69) is 0 Å². The number of benzene rings is 1. The van der Waals surface area contributed by atoms with Crippen LogP contribution < -0.4 is 16.1 Å². The molecule has 148 valence electrons. The van der Waals surface area contributed by atoms with E-state index in [4.69, 9.17) is 5.73 Å². The molecule has 2 heterocycles. The molecule has 1 spiro atoms. The molecule has 6 nitrogen and oxygen atoms in total. The number of nitrogens with two attached hydrogens (primary N) is 1. The van der Waals surface area contributed by atoms with Crippen LogP contribution in [-0.4, -0.2) is 34.8 Å². The van der Waals surface area contributed by atoms with Gasteiger partial charge in [0.25, 0.3) is 0 Å². The van der Waals surface area contributed by atoms with E-state index >= 15 is 4.39 Å². The lowest BCUT2D eigenvalue weighted by molar-refractivity contribution is 0.0695. The molecule has 2 saturated carbocycles. The summed E-state index contributed by atoms with van der Waals surface area (Å²) in [5.41, 5.74) is 7.63. The van der Waals surface area contributed by atoms with E-state index in [0.29, 0.717) is 23.3 Å². The number of hydrogen-bond donors (Lipinski definition) is 2. The summed E-state index contributed by atoms with van der Waals surface area (Å²) in [6, 6.07) is 0.190. The van der Waals surface area contributed by atoms with Gasteiger partial charge in [0.1, 0.15) is 5.56 Å². The lowest BCUT2D eigenvalue weighted by Gasteiger charge is -2.26. The van der Waals surface area contributed by atoms with E-state index < -0.39 is 17.2 Å². The van der Waals surface area contributed by atoms with Crippen LogP contribution in [0.4, 0.5) is 10.1 Å². The average molecular weight is 385 g/mol. The maximum atomic E-state index is 15.5. The van der Waals surface area contributed by atoms with Gasteiger partial charge in [0.2, 0.25) is 5.43 Å². The highest BCUT2D eigenvalue weighted by Gasteiger charge is 2.54. The van der Waals surface area contributed by atoms with Gasteiger partial charge in [0.15, 0.2) is 5.82 Å². The molecule has 1 saturated heterocycles. The highest BCUT2D eigenvalue weighted by molar-refractivity contribution is 5.97. The van der Waals surface area contributed by atoms with Crippen molar-refractivity contribution in [3.8, 4) is 0 Å². The van der Waals surface area contributed by atoms with Crippen LogP contribution in [0.3, 0.4) is 0 Å². The lowest BCUT2D eigenvalue weighted by atomic mass is 9.99. The Bertz CT molecular complexity index is 1100. The number of carboxylic acids is 1. The molecule has 7 heteroatoms. The van der Waals surface area contributed by atoms with Crippen molar-refractivity contribution in [2.75, 3.05) is 18.0 Å². The molecule has 1 aromatic carbocycles. The minimum atomic E-state index is -1.27. The Hall–Kier alpha value is -2.41. The number of pyridine rings is 1. The summed E-state index contributed by atoms with van der Waals surface area (Å²) in [7, 11) is 0. The number of fused-ring (bicyclic) bond motifs is 1. The van der Waals surface area contributed by atoms with Crippen molar-refractivity contribution in [2.45, 2.75) is 51.6 Å². The van der Waals surface area contributed by atoms with Crippen LogP contribution in [0.1, 0.15) is 53.2 Å². The zero-order valence-electron chi connectivity index (χ0n) is 16.1. The third kappa shape index (κ3) is 2.28. The maximum absolute atomic E-state index is 15.5. The second-order valence-corrected chi connectivity index (χ2v) is 8.80. The molecular weight excluding hydrogens is 361 g/mol. The summed E-state index contributed by atoms with van der Waals surface area (Å²) in [5, 5.41) is 9.66.